The number of hydrogen-bond donors (Lipinski definition) is 0. The molecule has 0 spiro atoms. The standard InChI is InChI=1S/C27H29F3N4O2/c1-18-15-33(24-7-6-22(14-31-24)27(28,29)30)16-19(2)34(18)17-25(35)32-11-8-20(9-12-32)23-5-3-4-21-10-13-36-26(21)23/h3-8,10,13-14,18-19H,9,11-12,15-17H2,1-2H3/t18-,19-/m1/s1. The number of nitrogens with zero attached hydrogens (tertiary/aromatic N) is 4. The lowest BCUT2D eigenvalue weighted by atomic mass is 9.98. The maximum atomic E-state index is 13.2. The fourth-order valence-electron chi connectivity index (χ4n) is 5.24. The van der Waals surface area contributed by atoms with Crippen LogP contribution in [-0.4, -0.2) is 65.5 Å². The van der Waals surface area contributed by atoms with Gasteiger partial charge in [-0.15, -0.1) is 0 Å². The van der Waals surface area contributed by atoms with Gasteiger partial charge in [0.15, 0.2) is 0 Å². The van der Waals surface area contributed by atoms with Crippen LogP contribution >= 0.6 is 0 Å². The lowest BCUT2D eigenvalue weighted by Gasteiger charge is -2.45. The van der Waals surface area contributed by atoms with Crippen LogP contribution in [0.1, 0.15) is 31.4 Å². The monoisotopic (exact) mass is 498 g/mol. The minimum atomic E-state index is -4.40. The Morgan fingerprint density at radius 1 is 1.11 bits per heavy atom. The van der Waals surface area contributed by atoms with Crippen molar-refractivity contribution < 1.29 is 22.4 Å². The van der Waals surface area contributed by atoms with Crippen molar-refractivity contribution in [1.82, 2.24) is 14.8 Å². The lowest BCUT2D eigenvalue weighted by Crippen LogP contribution is -2.59. The minimum absolute atomic E-state index is 0.0502. The van der Waals surface area contributed by atoms with Gasteiger partial charge in [0.05, 0.1) is 18.4 Å². The zero-order valence-corrected chi connectivity index (χ0v) is 20.3. The van der Waals surface area contributed by atoms with E-state index in [2.05, 4.69) is 22.0 Å². The largest absolute Gasteiger partial charge is 0.464 e. The van der Waals surface area contributed by atoms with Gasteiger partial charge in [-0.3, -0.25) is 9.69 Å². The molecule has 9 heteroatoms. The second kappa shape index (κ2) is 9.61. The molecule has 2 aliphatic heterocycles. The highest BCUT2D eigenvalue weighted by Crippen LogP contribution is 2.31. The van der Waals surface area contributed by atoms with Crippen molar-refractivity contribution >= 4 is 28.3 Å². The first-order valence-electron chi connectivity index (χ1n) is 12.2. The molecular weight excluding hydrogens is 469 g/mol. The summed E-state index contributed by atoms with van der Waals surface area (Å²) in [7, 11) is 0. The Balaban J connectivity index is 1.20. The summed E-state index contributed by atoms with van der Waals surface area (Å²) < 4.78 is 44.3. The zero-order chi connectivity index (χ0) is 25.4. The molecule has 6 nitrogen and oxygen atoms in total. The topological polar surface area (TPSA) is 52.8 Å². The van der Waals surface area contributed by atoms with Crippen molar-refractivity contribution in [2.75, 3.05) is 37.6 Å². The highest BCUT2D eigenvalue weighted by atomic mass is 19.4. The first-order chi connectivity index (χ1) is 17.2. The predicted molar refractivity (Wildman–Crippen MR) is 132 cm³/mol. The van der Waals surface area contributed by atoms with Gasteiger partial charge in [0, 0.05) is 55.4 Å². The van der Waals surface area contributed by atoms with Crippen molar-refractivity contribution in [3.05, 3.63) is 66.1 Å². The summed E-state index contributed by atoms with van der Waals surface area (Å²) in [4.78, 5) is 23.2. The fourth-order valence-corrected chi connectivity index (χ4v) is 5.24. The molecule has 1 aromatic carbocycles. The number of carbonyl (C=O) groups is 1. The number of rotatable bonds is 4. The van der Waals surface area contributed by atoms with Crippen molar-refractivity contribution in [2.45, 2.75) is 38.5 Å². The summed E-state index contributed by atoms with van der Waals surface area (Å²) >= 11 is 0. The number of furan rings is 1. The van der Waals surface area contributed by atoms with E-state index in [9.17, 15) is 18.0 Å². The number of alkyl halides is 3. The molecule has 1 amide bonds. The van der Waals surface area contributed by atoms with Gasteiger partial charge in [-0.25, -0.2) is 4.98 Å². The number of pyridine rings is 1. The van der Waals surface area contributed by atoms with E-state index in [0.717, 1.165) is 35.2 Å². The van der Waals surface area contributed by atoms with Crippen molar-refractivity contribution in [2.24, 2.45) is 0 Å². The normalized spacial score (nSPS) is 21.6. The Kier molecular flexibility index (Phi) is 6.51. The molecule has 0 bridgehead atoms. The number of carbonyl (C=O) groups excluding carboxylic acids is 1. The Morgan fingerprint density at radius 2 is 1.89 bits per heavy atom. The third kappa shape index (κ3) is 4.84. The van der Waals surface area contributed by atoms with Crippen LogP contribution in [0.5, 0.6) is 0 Å². The van der Waals surface area contributed by atoms with E-state index in [1.54, 1.807) is 6.26 Å². The third-order valence-electron chi connectivity index (χ3n) is 7.21. The highest BCUT2D eigenvalue weighted by molar-refractivity contribution is 5.90. The van der Waals surface area contributed by atoms with Crippen LogP contribution in [0.3, 0.4) is 0 Å². The van der Waals surface area contributed by atoms with E-state index >= 15 is 0 Å². The van der Waals surface area contributed by atoms with E-state index < -0.39 is 11.7 Å². The molecule has 1 saturated heterocycles. The summed E-state index contributed by atoms with van der Waals surface area (Å²) in [6.45, 7) is 6.79. The molecule has 36 heavy (non-hydrogen) atoms. The summed E-state index contributed by atoms with van der Waals surface area (Å²) in [6, 6.07) is 10.6. The molecule has 5 rings (SSSR count). The van der Waals surface area contributed by atoms with Crippen LogP contribution < -0.4 is 4.90 Å². The molecule has 2 atom stereocenters. The van der Waals surface area contributed by atoms with Gasteiger partial charge in [0.1, 0.15) is 11.4 Å². The zero-order valence-electron chi connectivity index (χ0n) is 20.3. The number of anilines is 1. The van der Waals surface area contributed by atoms with E-state index in [0.29, 0.717) is 38.5 Å². The number of hydrogen-bond acceptors (Lipinski definition) is 5. The van der Waals surface area contributed by atoms with Gasteiger partial charge in [-0.1, -0.05) is 24.3 Å². The van der Waals surface area contributed by atoms with E-state index in [4.69, 9.17) is 4.42 Å². The number of amides is 1. The Labute approximate surface area is 208 Å². The molecule has 0 unspecified atom stereocenters. The molecule has 190 valence electrons. The molecule has 2 aliphatic rings. The van der Waals surface area contributed by atoms with Crippen molar-refractivity contribution in [3.63, 3.8) is 0 Å². The van der Waals surface area contributed by atoms with Crippen molar-refractivity contribution in [1.29, 1.82) is 0 Å². The molecular formula is C27H29F3N4O2. The highest BCUT2D eigenvalue weighted by Gasteiger charge is 2.34. The summed E-state index contributed by atoms with van der Waals surface area (Å²) in [5, 5.41) is 1.07. The van der Waals surface area contributed by atoms with Crippen LogP contribution in [-0.2, 0) is 11.0 Å². The first-order valence-corrected chi connectivity index (χ1v) is 12.2. The molecule has 3 aromatic rings. The van der Waals surface area contributed by atoms with E-state index in [1.165, 1.54) is 11.6 Å². The van der Waals surface area contributed by atoms with Crippen LogP contribution in [0.25, 0.3) is 16.5 Å². The Hall–Kier alpha value is -3.33. The summed E-state index contributed by atoms with van der Waals surface area (Å²) in [5.74, 6) is 0.606. The summed E-state index contributed by atoms with van der Waals surface area (Å²) in [6.07, 6.45) is 1.06. The quantitative estimate of drug-likeness (QED) is 0.503. The minimum Gasteiger partial charge on any atom is -0.464 e. The van der Waals surface area contributed by atoms with Crippen LogP contribution in [0.4, 0.5) is 19.0 Å². The molecule has 0 N–H and O–H groups in total. The SMILES string of the molecule is C[C@@H]1CN(c2ccc(C(F)(F)F)cn2)C[C@@H](C)N1CC(=O)N1CC=C(c2cccc3ccoc23)CC1. The number of para-hydroxylation sites is 1. The number of aromatic nitrogens is 1. The maximum absolute atomic E-state index is 13.2. The number of fused-ring (bicyclic) bond motifs is 1. The van der Waals surface area contributed by atoms with Crippen LogP contribution in [0.15, 0.2) is 59.4 Å². The van der Waals surface area contributed by atoms with Gasteiger partial charge in [0.25, 0.3) is 0 Å². The van der Waals surface area contributed by atoms with Crippen molar-refractivity contribution in [3.8, 4) is 0 Å². The van der Waals surface area contributed by atoms with E-state index in [-0.39, 0.29) is 18.0 Å². The Bertz CT molecular complexity index is 1260. The maximum Gasteiger partial charge on any atom is 0.417 e. The van der Waals surface area contributed by atoms with Gasteiger partial charge in [0.2, 0.25) is 5.91 Å². The molecule has 2 aromatic heterocycles. The van der Waals surface area contributed by atoms with Gasteiger partial charge >= 0.3 is 6.18 Å². The number of halogens is 3. The number of benzene rings is 1. The average molecular weight is 499 g/mol. The van der Waals surface area contributed by atoms with E-state index in [1.807, 2.05) is 41.8 Å². The first kappa shape index (κ1) is 24.4. The Morgan fingerprint density at radius 3 is 2.53 bits per heavy atom. The molecule has 1 fully saturated rings. The molecule has 0 aliphatic carbocycles. The average Bonchev–Trinajstić information content (AvgIpc) is 3.35. The third-order valence-corrected chi connectivity index (χ3v) is 7.21. The van der Waals surface area contributed by atoms with Gasteiger partial charge in [-0.05, 0) is 44.0 Å². The van der Waals surface area contributed by atoms with Crippen LogP contribution in [0, 0.1) is 0 Å². The molecule has 0 radical (unpaired) electrons. The van der Waals surface area contributed by atoms with Crippen LogP contribution in [0.2, 0.25) is 0 Å². The lowest BCUT2D eigenvalue weighted by molar-refractivity contribution is -0.137. The molecule has 0 saturated carbocycles. The summed E-state index contributed by atoms with van der Waals surface area (Å²) in [5.41, 5.74) is 2.40. The number of piperazine rings is 1. The smallest absolute Gasteiger partial charge is 0.417 e. The second-order valence-electron chi connectivity index (χ2n) is 9.64. The van der Waals surface area contributed by atoms with Gasteiger partial charge in [-0.2, -0.15) is 13.2 Å². The second-order valence-corrected chi connectivity index (χ2v) is 9.64. The predicted octanol–water partition coefficient (Wildman–Crippen LogP) is 5.06. The van der Waals surface area contributed by atoms with Gasteiger partial charge < -0.3 is 14.2 Å². The molecule has 4 heterocycles. The fraction of sp³-hybridized carbons (Fsp3) is 0.407.